The molecule has 0 spiro atoms. The minimum Gasteiger partial charge on any atom is -0.325 e. The van der Waals surface area contributed by atoms with Crippen LogP contribution in [0.1, 0.15) is 6.42 Å². The second-order valence-electron chi connectivity index (χ2n) is 3.08. The van der Waals surface area contributed by atoms with Crippen LogP contribution in [-0.2, 0) is 20.6 Å². The van der Waals surface area contributed by atoms with Crippen molar-refractivity contribution in [2.45, 2.75) is 6.42 Å². The first-order chi connectivity index (χ1) is 8.33. The van der Waals surface area contributed by atoms with Gasteiger partial charge in [0.15, 0.2) is 18.1 Å². The van der Waals surface area contributed by atoms with Gasteiger partial charge in [-0.1, -0.05) is 0 Å². The van der Waals surface area contributed by atoms with Gasteiger partial charge in [0.25, 0.3) is 0 Å². The van der Waals surface area contributed by atoms with E-state index in [4.69, 9.17) is 14.1 Å². The average Bonchev–Trinajstić information content (AvgIpc) is 2.35. The summed E-state index contributed by atoms with van der Waals surface area (Å²) in [6, 6.07) is 3.66. The summed E-state index contributed by atoms with van der Waals surface area (Å²) in [6.07, 6.45) is 6.40. The SMILES string of the molecule is CSOOCCCSOOc1cc[n+](C)cc1. The summed E-state index contributed by atoms with van der Waals surface area (Å²) < 4.78 is 11.5. The summed E-state index contributed by atoms with van der Waals surface area (Å²) in [5.41, 5.74) is 0. The molecule has 1 aromatic rings. The monoisotopic (exact) mass is 278 g/mol. The highest BCUT2D eigenvalue weighted by molar-refractivity contribution is 7.94. The van der Waals surface area contributed by atoms with E-state index in [1.54, 1.807) is 6.26 Å². The number of nitrogens with zero attached hydrogens (tertiary/aromatic N) is 1. The van der Waals surface area contributed by atoms with E-state index >= 15 is 0 Å². The van der Waals surface area contributed by atoms with Gasteiger partial charge in [0.1, 0.15) is 7.05 Å². The quantitative estimate of drug-likeness (QED) is 0.226. The molecule has 0 atom stereocenters. The molecule has 0 aliphatic carbocycles. The summed E-state index contributed by atoms with van der Waals surface area (Å²) in [5.74, 6) is 1.45. The standard InChI is InChI=1S/C10H16NO4S2/c1-11-6-4-10(5-7-11)13-15-17-9-3-8-12-14-16-2/h4-7H,3,8-9H2,1-2H3/q+1. The van der Waals surface area contributed by atoms with Gasteiger partial charge in [0.2, 0.25) is 0 Å². The number of pyridine rings is 1. The molecule has 1 aromatic heterocycles. The fourth-order valence-corrected chi connectivity index (χ4v) is 1.49. The summed E-state index contributed by atoms with van der Waals surface area (Å²) in [5, 5.41) is 0. The normalized spacial score (nSPS) is 10.5. The lowest BCUT2D eigenvalue weighted by Crippen LogP contribution is -2.25. The Morgan fingerprint density at radius 3 is 2.71 bits per heavy atom. The van der Waals surface area contributed by atoms with Crippen LogP contribution in [0, 0.1) is 0 Å². The van der Waals surface area contributed by atoms with Crippen LogP contribution in [0.25, 0.3) is 0 Å². The Morgan fingerprint density at radius 1 is 1.24 bits per heavy atom. The number of hydrogen-bond acceptors (Lipinski definition) is 6. The Kier molecular flexibility index (Phi) is 8.20. The molecule has 0 amide bonds. The molecule has 0 saturated heterocycles. The van der Waals surface area contributed by atoms with Crippen molar-refractivity contribution in [1.29, 1.82) is 0 Å². The maximum absolute atomic E-state index is 5.06. The summed E-state index contributed by atoms with van der Waals surface area (Å²) in [7, 11) is 1.94. The van der Waals surface area contributed by atoms with Crippen molar-refractivity contribution in [1.82, 2.24) is 0 Å². The van der Waals surface area contributed by atoms with E-state index in [2.05, 4.69) is 4.33 Å². The molecule has 7 heteroatoms. The van der Waals surface area contributed by atoms with Crippen molar-refractivity contribution < 1.29 is 23.0 Å². The molecule has 5 nitrogen and oxygen atoms in total. The second-order valence-corrected chi connectivity index (χ2v) is 4.33. The summed E-state index contributed by atoms with van der Waals surface area (Å²) in [6.45, 7) is 0.540. The zero-order valence-corrected chi connectivity index (χ0v) is 11.5. The van der Waals surface area contributed by atoms with Crippen LogP contribution in [0.4, 0.5) is 0 Å². The minimum absolute atomic E-state index is 0.540. The molecular weight excluding hydrogens is 262 g/mol. The smallest absolute Gasteiger partial charge is 0.178 e. The van der Waals surface area contributed by atoms with Crippen LogP contribution in [-0.4, -0.2) is 18.6 Å². The van der Waals surface area contributed by atoms with Gasteiger partial charge in [0, 0.05) is 48.2 Å². The highest BCUT2D eigenvalue weighted by Gasteiger charge is 1.98. The predicted molar refractivity (Wildman–Crippen MR) is 67.0 cm³/mol. The molecule has 1 rings (SSSR count). The molecular formula is C10H16NO4S2+. The van der Waals surface area contributed by atoms with Gasteiger partial charge in [-0.2, -0.15) is 4.33 Å². The van der Waals surface area contributed by atoms with Crippen LogP contribution in [0.15, 0.2) is 24.5 Å². The third kappa shape index (κ3) is 7.45. The lowest BCUT2D eigenvalue weighted by molar-refractivity contribution is -0.671. The van der Waals surface area contributed by atoms with Crippen LogP contribution < -0.4 is 9.45 Å². The van der Waals surface area contributed by atoms with Crippen LogP contribution >= 0.6 is 24.1 Å². The highest BCUT2D eigenvalue weighted by atomic mass is 32.2. The van der Waals surface area contributed by atoms with Crippen molar-refractivity contribution in [2.24, 2.45) is 7.05 Å². The lowest BCUT2D eigenvalue weighted by atomic mass is 10.4. The minimum atomic E-state index is 0.540. The van der Waals surface area contributed by atoms with Gasteiger partial charge >= 0.3 is 0 Å². The molecule has 0 N–H and O–H groups in total. The first-order valence-corrected chi connectivity index (χ1v) is 7.12. The van der Waals surface area contributed by atoms with E-state index in [0.717, 1.165) is 12.2 Å². The average molecular weight is 278 g/mol. The third-order valence-electron chi connectivity index (χ3n) is 1.70. The summed E-state index contributed by atoms with van der Waals surface area (Å²) >= 11 is 2.42. The van der Waals surface area contributed by atoms with Crippen molar-refractivity contribution in [3.05, 3.63) is 24.5 Å². The molecule has 0 bridgehead atoms. The molecule has 0 unspecified atom stereocenters. The van der Waals surface area contributed by atoms with Crippen molar-refractivity contribution in [2.75, 3.05) is 18.6 Å². The van der Waals surface area contributed by atoms with Crippen LogP contribution in [0.2, 0.25) is 0 Å². The fourth-order valence-electron chi connectivity index (χ4n) is 0.899. The molecule has 0 aliphatic heterocycles. The second kappa shape index (κ2) is 9.55. The van der Waals surface area contributed by atoms with E-state index in [0.29, 0.717) is 12.4 Å². The van der Waals surface area contributed by atoms with E-state index in [1.807, 2.05) is 36.1 Å². The van der Waals surface area contributed by atoms with Crippen molar-refractivity contribution in [3.63, 3.8) is 0 Å². The van der Waals surface area contributed by atoms with Gasteiger partial charge in [0.05, 0.1) is 6.61 Å². The zero-order chi connectivity index (χ0) is 12.3. The first-order valence-electron chi connectivity index (χ1n) is 5.06. The maximum atomic E-state index is 5.06. The van der Waals surface area contributed by atoms with E-state index in [9.17, 15) is 0 Å². The molecule has 0 fully saturated rings. The van der Waals surface area contributed by atoms with Crippen LogP contribution in [0.5, 0.6) is 5.75 Å². The number of rotatable bonds is 9. The maximum Gasteiger partial charge on any atom is 0.178 e. The molecule has 0 saturated carbocycles. The van der Waals surface area contributed by atoms with Gasteiger partial charge in [-0.25, -0.2) is 9.45 Å². The zero-order valence-electron chi connectivity index (χ0n) is 9.83. The molecule has 0 aromatic carbocycles. The van der Waals surface area contributed by atoms with Gasteiger partial charge in [-0.15, -0.1) is 4.33 Å². The van der Waals surface area contributed by atoms with Gasteiger partial charge < -0.3 is 4.89 Å². The Balaban J connectivity index is 1.95. The first kappa shape index (κ1) is 14.6. The molecule has 0 aliphatic rings. The van der Waals surface area contributed by atoms with Crippen LogP contribution in [0.3, 0.4) is 0 Å². The Bertz CT molecular complexity index is 297. The van der Waals surface area contributed by atoms with Gasteiger partial charge in [-0.05, 0) is 6.42 Å². The predicted octanol–water partition coefficient (Wildman–Crippen LogP) is 2.09. The largest absolute Gasteiger partial charge is 0.325 e. The number of hydrogen-bond donors (Lipinski definition) is 0. The Morgan fingerprint density at radius 2 is 2.00 bits per heavy atom. The highest BCUT2D eigenvalue weighted by Crippen LogP contribution is 2.12. The van der Waals surface area contributed by atoms with E-state index < -0.39 is 0 Å². The van der Waals surface area contributed by atoms with E-state index in [-0.39, 0.29) is 0 Å². The molecule has 96 valence electrons. The molecule has 0 radical (unpaired) electrons. The Labute approximate surface area is 110 Å². The van der Waals surface area contributed by atoms with Crippen molar-refractivity contribution in [3.8, 4) is 5.75 Å². The van der Waals surface area contributed by atoms with Gasteiger partial charge in [-0.3, -0.25) is 0 Å². The molecule has 17 heavy (non-hydrogen) atoms. The number of aryl methyl sites for hydroxylation is 1. The van der Waals surface area contributed by atoms with E-state index in [1.165, 1.54) is 24.1 Å². The topological polar surface area (TPSA) is 40.8 Å². The third-order valence-corrected chi connectivity index (χ3v) is 2.55. The summed E-state index contributed by atoms with van der Waals surface area (Å²) in [4.78, 5) is 9.87. The lowest BCUT2D eigenvalue weighted by Gasteiger charge is -2.02. The molecule has 1 heterocycles. The Hall–Kier alpha value is -0.470. The fraction of sp³-hybridized carbons (Fsp3) is 0.500. The van der Waals surface area contributed by atoms with Crippen molar-refractivity contribution >= 4 is 24.1 Å². The number of aromatic nitrogens is 1.